The lowest BCUT2D eigenvalue weighted by Crippen LogP contribution is -2.19. The van der Waals surface area contributed by atoms with E-state index in [2.05, 4.69) is 0 Å². The minimum Gasteiger partial charge on any atom is -0.496 e. The molecule has 0 bridgehead atoms. The second-order valence-corrected chi connectivity index (χ2v) is 3.95. The molecule has 1 aromatic rings. The van der Waals surface area contributed by atoms with Gasteiger partial charge in [-0.25, -0.2) is 8.78 Å². The summed E-state index contributed by atoms with van der Waals surface area (Å²) in [6.07, 6.45) is -0.428. The highest BCUT2D eigenvalue weighted by molar-refractivity contribution is 6.31. The van der Waals surface area contributed by atoms with Crippen LogP contribution in [-0.4, -0.2) is 13.7 Å². The van der Waals surface area contributed by atoms with Gasteiger partial charge in [0, 0.05) is 11.4 Å². The van der Waals surface area contributed by atoms with E-state index in [1.165, 1.54) is 19.2 Å². The topological polar surface area (TPSA) is 35.2 Å². The molecule has 0 radical (unpaired) electrons. The number of nitrogens with two attached hydrogens (primary N) is 1. The number of rotatable bonds is 4. The third-order valence-corrected chi connectivity index (χ3v) is 2.74. The van der Waals surface area contributed by atoms with Crippen molar-refractivity contribution in [3.8, 4) is 5.75 Å². The predicted molar refractivity (Wildman–Crippen MR) is 60.3 cm³/mol. The number of hydrogen-bond donors (Lipinski definition) is 1. The van der Waals surface area contributed by atoms with E-state index >= 15 is 0 Å². The van der Waals surface area contributed by atoms with Crippen LogP contribution in [0.1, 0.15) is 17.5 Å². The maximum absolute atomic E-state index is 13.7. The molecule has 16 heavy (non-hydrogen) atoms. The quantitative estimate of drug-likeness (QED) is 0.890. The van der Waals surface area contributed by atoms with Crippen molar-refractivity contribution in [1.29, 1.82) is 0 Å². The lowest BCUT2D eigenvalue weighted by atomic mass is 10.0. The van der Waals surface area contributed by atoms with Crippen molar-refractivity contribution in [3.05, 3.63) is 28.3 Å². The van der Waals surface area contributed by atoms with Crippen molar-refractivity contribution >= 4 is 11.6 Å². The smallest absolute Gasteiger partial charge is 0.278 e. The van der Waals surface area contributed by atoms with Crippen LogP contribution in [0, 0.1) is 6.92 Å². The van der Waals surface area contributed by atoms with Gasteiger partial charge in [-0.2, -0.15) is 0 Å². The first-order valence-electron chi connectivity index (χ1n) is 4.85. The fourth-order valence-corrected chi connectivity index (χ4v) is 1.59. The monoisotopic (exact) mass is 249 g/mol. The molecule has 5 heteroatoms. The minimum atomic E-state index is -3.02. The Hall–Kier alpha value is -0.870. The number of methoxy groups -OCH3 is 1. The highest BCUT2D eigenvalue weighted by Gasteiger charge is 2.34. The fraction of sp³-hybridized carbons (Fsp3) is 0.455. The van der Waals surface area contributed by atoms with E-state index in [0.29, 0.717) is 10.6 Å². The Bertz CT molecular complexity index is 382. The van der Waals surface area contributed by atoms with Crippen molar-refractivity contribution in [2.45, 2.75) is 19.3 Å². The summed E-state index contributed by atoms with van der Waals surface area (Å²) in [5.41, 5.74) is 5.65. The summed E-state index contributed by atoms with van der Waals surface area (Å²) in [4.78, 5) is 0. The largest absolute Gasteiger partial charge is 0.496 e. The molecule has 0 amide bonds. The van der Waals surface area contributed by atoms with Crippen molar-refractivity contribution < 1.29 is 13.5 Å². The van der Waals surface area contributed by atoms with Crippen molar-refractivity contribution in [3.63, 3.8) is 0 Å². The summed E-state index contributed by atoms with van der Waals surface area (Å²) in [5, 5.41) is 0.299. The Morgan fingerprint density at radius 2 is 2.06 bits per heavy atom. The normalized spacial score (nSPS) is 11.6. The SMILES string of the molecule is COc1cc(C)c(Cl)cc1C(F)(F)CCN. The Labute approximate surface area is 98.3 Å². The second kappa shape index (κ2) is 4.97. The molecule has 90 valence electrons. The fourth-order valence-electron chi connectivity index (χ4n) is 1.43. The Kier molecular flexibility index (Phi) is 4.10. The van der Waals surface area contributed by atoms with E-state index in [-0.39, 0.29) is 17.9 Å². The van der Waals surface area contributed by atoms with Gasteiger partial charge in [-0.1, -0.05) is 11.6 Å². The standard InChI is InChI=1S/C11H14ClF2NO/c1-7-5-10(16-2)8(6-9(7)12)11(13,14)3-4-15/h5-6H,3-4,15H2,1-2H3. The zero-order valence-electron chi connectivity index (χ0n) is 9.19. The highest BCUT2D eigenvalue weighted by Crippen LogP contribution is 2.39. The minimum absolute atomic E-state index is 0.0956. The molecule has 1 aromatic carbocycles. The van der Waals surface area contributed by atoms with Crippen LogP contribution >= 0.6 is 11.6 Å². The third kappa shape index (κ3) is 2.62. The van der Waals surface area contributed by atoms with Crippen LogP contribution in [0.4, 0.5) is 8.78 Å². The van der Waals surface area contributed by atoms with Crippen LogP contribution in [-0.2, 0) is 5.92 Å². The average molecular weight is 250 g/mol. The maximum atomic E-state index is 13.7. The van der Waals surface area contributed by atoms with Gasteiger partial charge < -0.3 is 10.5 Å². The third-order valence-electron chi connectivity index (χ3n) is 2.33. The molecule has 0 atom stereocenters. The first kappa shape index (κ1) is 13.2. The number of benzene rings is 1. The summed E-state index contributed by atoms with van der Waals surface area (Å²) in [5.74, 6) is -2.88. The van der Waals surface area contributed by atoms with Gasteiger partial charge in [0.1, 0.15) is 5.75 Å². The second-order valence-electron chi connectivity index (χ2n) is 3.54. The van der Waals surface area contributed by atoms with E-state index < -0.39 is 12.3 Å². The van der Waals surface area contributed by atoms with Crippen LogP contribution in [0.15, 0.2) is 12.1 Å². The first-order valence-corrected chi connectivity index (χ1v) is 5.22. The van der Waals surface area contributed by atoms with Crippen LogP contribution in [0.5, 0.6) is 5.75 Å². The molecule has 0 heterocycles. The zero-order chi connectivity index (χ0) is 12.3. The average Bonchev–Trinajstić information content (AvgIpc) is 2.21. The molecular formula is C11H14ClF2NO. The van der Waals surface area contributed by atoms with Crippen LogP contribution in [0.2, 0.25) is 5.02 Å². The van der Waals surface area contributed by atoms with Crippen LogP contribution < -0.4 is 10.5 Å². The molecule has 0 saturated heterocycles. The van der Waals surface area contributed by atoms with E-state index in [0.717, 1.165) is 0 Å². The predicted octanol–water partition coefficient (Wildman–Crippen LogP) is 3.10. The molecule has 0 aliphatic carbocycles. The van der Waals surface area contributed by atoms with Gasteiger partial charge in [-0.3, -0.25) is 0 Å². The molecule has 0 spiro atoms. The molecule has 0 aliphatic rings. The molecule has 0 aromatic heterocycles. The number of aryl methyl sites for hydroxylation is 1. The van der Waals surface area contributed by atoms with Crippen LogP contribution in [0.25, 0.3) is 0 Å². The van der Waals surface area contributed by atoms with Crippen molar-refractivity contribution in [2.24, 2.45) is 5.73 Å². The Morgan fingerprint density at radius 1 is 1.44 bits per heavy atom. The van der Waals surface area contributed by atoms with Gasteiger partial charge in [-0.15, -0.1) is 0 Å². The van der Waals surface area contributed by atoms with Gasteiger partial charge in [0.25, 0.3) is 5.92 Å². The number of halogens is 3. The Balaban J connectivity index is 3.26. The van der Waals surface area contributed by atoms with E-state index in [9.17, 15) is 8.78 Å². The lowest BCUT2D eigenvalue weighted by molar-refractivity contribution is -0.0128. The molecule has 1 rings (SSSR count). The number of alkyl halides is 2. The van der Waals surface area contributed by atoms with Crippen molar-refractivity contribution in [1.82, 2.24) is 0 Å². The number of hydrogen-bond acceptors (Lipinski definition) is 2. The molecule has 0 aliphatic heterocycles. The van der Waals surface area contributed by atoms with Crippen LogP contribution in [0.3, 0.4) is 0 Å². The molecule has 0 saturated carbocycles. The zero-order valence-corrected chi connectivity index (χ0v) is 9.94. The van der Waals surface area contributed by atoms with Crippen molar-refractivity contribution in [2.75, 3.05) is 13.7 Å². The lowest BCUT2D eigenvalue weighted by Gasteiger charge is -2.19. The molecule has 2 N–H and O–H groups in total. The summed E-state index contributed by atoms with van der Waals surface area (Å²) in [7, 11) is 1.35. The number of ether oxygens (including phenoxy) is 1. The van der Waals surface area contributed by atoms with Gasteiger partial charge in [-0.05, 0) is 31.2 Å². The highest BCUT2D eigenvalue weighted by atomic mass is 35.5. The summed E-state index contributed by atoms with van der Waals surface area (Å²) in [6, 6.07) is 2.74. The van der Waals surface area contributed by atoms with E-state index in [1.807, 2.05) is 0 Å². The Morgan fingerprint density at radius 3 is 2.56 bits per heavy atom. The summed E-state index contributed by atoms with van der Waals surface area (Å²) >= 11 is 5.83. The van der Waals surface area contributed by atoms with Gasteiger partial charge in [0.05, 0.1) is 12.7 Å². The van der Waals surface area contributed by atoms with E-state index in [4.69, 9.17) is 22.1 Å². The van der Waals surface area contributed by atoms with Gasteiger partial charge in [0.15, 0.2) is 0 Å². The molecular weight excluding hydrogens is 236 g/mol. The molecule has 0 unspecified atom stereocenters. The maximum Gasteiger partial charge on any atom is 0.278 e. The summed E-state index contributed by atoms with van der Waals surface area (Å²) in [6.45, 7) is 1.64. The summed E-state index contributed by atoms with van der Waals surface area (Å²) < 4.78 is 32.3. The first-order chi connectivity index (χ1) is 7.42. The van der Waals surface area contributed by atoms with Gasteiger partial charge in [0.2, 0.25) is 0 Å². The van der Waals surface area contributed by atoms with Gasteiger partial charge >= 0.3 is 0 Å². The molecule has 2 nitrogen and oxygen atoms in total. The van der Waals surface area contributed by atoms with E-state index in [1.54, 1.807) is 6.92 Å². The molecule has 0 fully saturated rings.